The first-order chi connectivity index (χ1) is 8.62. The highest BCUT2D eigenvalue weighted by Gasteiger charge is 2.51. The van der Waals surface area contributed by atoms with Gasteiger partial charge in [0, 0.05) is 31.4 Å². The van der Waals surface area contributed by atoms with Crippen LogP contribution in [0.2, 0.25) is 0 Å². The Bertz CT molecular complexity index is 454. The van der Waals surface area contributed by atoms with Crippen molar-refractivity contribution >= 4 is 0 Å². The SMILES string of the molecule is CCOC1CC2(C1)C[C@H](O)c1cc(F)ccc1O2. The molecule has 1 spiro atoms. The van der Waals surface area contributed by atoms with Gasteiger partial charge in [-0.05, 0) is 25.1 Å². The van der Waals surface area contributed by atoms with E-state index in [0.717, 1.165) is 12.8 Å². The molecule has 0 unspecified atom stereocenters. The highest BCUT2D eigenvalue weighted by atomic mass is 19.1. The zero-order chi connectivity index (χ0) is 12.8. The minimum atomic E-state index is -0.646. The van der Waals surface area contributed by atoms with Crippen molar-refractivity contribution in [3.8, 4) is 5.75 Å². The number of aliphatic hydroxyl groups excluding tert-OH is 1. The fourth-order valence-electron chi connectivity index (χ4n) is 2.98. The fraction of sp³-hybridized carbons (Fsp3) is 0.571. The van der Waals surface area contributed by atoms with Crippen LogP contribution in [0.3, 0.4) is 0 Å². The fourth-order valence-corrected chi connectivity index (χ4v) is 2.98. The van der Waals surface area contributed by atoms with Gasteiger partial charge in [0.1, 0.15) is 17.2 Å². The highest BCUT2D eigenvalue weighted by Crippen LogP contribution is 2.49. The second-order valence-electron chi connectivity index (χ2n) is 5.17. The molecule has 3 rings (SSSR count). The molecular weight excluding hydrogens is 235 g/mol. The molecule has 0 amide bonds. The Hall–Kier alpha value is -1.13. The van der Waals surface area contributed by atoms with E-state index in [2.05, 4.69) is 0 Å². The second-order valence-corrected chi connectivity index (χ2v) is 5.17. The van der Waals surface area contributed by atoms with Crippen molar-refractivity contribution in [2.45, 2.75) is 44.0 Å². The van der Waals surface area contributed by atoms with Crippen LogP contribution in [0.4, 0.5) is 4.39 Å². The summed E-state index contributed by atoms with van der Waals surface area (Å²) >= 11 is 0. The Morgan fingerprint density at radius 2 is 2.22 bits per heavy atom. The molecule has 4 heteroatoms. The number of aliphatic hydroxyl groups is 1. The molecule has 1 aliphatic heterocycles. The monoisotopic (exact) mass is 252 g/mol. The molecule has 98 valence electrons. The Labute approximate surface area is 106 Å². The quantitative estimate of drug-likeness (QED) is 0.879. The van der Waals surface area contributed by atoms with Gasteiger partial charge in [0.05, 0.1) is 12.2 Å². The number of halogens is 1. The van der Waals surface area contributed by atoms with Crippen LogP contribution in [-0.2, 0) is 4.74 Å². The zero-order valence-electron chi connectivity index (χ0n) is 10.4. The van der Waals surface area contributed by atoms with Crippen molar-refractivity contribution in [3.63, 3.8) is 0 Å². The number of fused-ring (bicyclic) bond motifs is 1. The summed E-state index contributed by atoms with van der Waals surface area (Å²) in [5.74, 6) is 0.262. The van der Waals surface area contributed by atoms with E-state index in [9.17, 15) is 9.50 Å². The van der Waals surface area contributed by atoms with E-state index < -0.39 is 6.10 Å². The van der Waals surface area contributed by atoms with Crippen molar-refractivity contribution in [2.24, 2.45) is 0 Å². The molecule has 1 fully saturated rings. The molecule has 1 heterocycles. The van der Waals surface area contributed by atoms with E-state index in [1.165, 1.54) is 12.1 Å². The second kappa shape index (κ2) is 4.21. The molecule has 18 heavy (non-hydrogen) atoms. The average molecular weight is 252 g/mol. The summed E-state index contributed by atoms with van der Waals surface area (Å²) < 4.78 is 24.6. The van der Waals surface area contributed by atoms with Gasteiger partial charge in [-0.1, -0.05) is 0 Å². The highest BCUT2D eigenvalue weighted by molar-refractivity contribution is 5.39. The van der Waals surface area contributed by atoms with Gasteiger partial charge in [0.15, 0.2) is 0 Å². The molecule has 2 aliphatic rings. The molecule has 1 atom stereocenters. The van der Waals surface area contributed by atoms with Crippen LogP contribution in [0.1, 0.15) is 37.9 Å². The standard InChI is InChI=1S/C14H17FO3/c1-2-17-10-6-14(7-10)8-12(16)11-5-9(15)3-4-13(11)18-14/h3-5,10,12,16H,2,6-8H2,1H3/t10?,12-,14?/m0/s1. The maximum absolute atomic E-state index is 13.1. The Morgan fingerprint density at radius 3 is 2.94 bits per heavy atom. The van der Waals surface area contributed by atoms with E-state index >= 15 is 0 Å². The van der Waals surface area contributed by atoms with Crippen LogP contribution >= 0.6 is 0 Å². The third kappa shape index (κ3) is 1.89. The average Bonchev–Trinajstić information content (AvgIpc) is 2.29. The van der Waals surface area contributed by atoms with Crippen LogP contribution in [0.5, 0.6) is 5.75 Å². The number of hydrogen-bond donors (Lipinski definition) is 1. The molecule has 1 aromatic carbocycles. The third-order valence-corrected chi connectivity index (χ3v) is 3.82. The van der Waals surface area contributed by atoms with E-state index in [-0.39, 0.29) is 17.5 Å². The molecular formula is C14H17FO3. The Kier molecular flexibility index (Phi) is 2.79. The van der Waals surface area contributed by atoms with Gasteiger partial charge >= 0.3 is 0 Å². The molecule has 1 aliphatic carbocycles. The van der Waals surface area contributed by atoms with Gasteiger partial charge in [-0.15, -0.1) is 0 Å². The molecule has 1 N–H and O–H groups in total. The van der Waals surface area contributed by atoms with Crippen LogP contribution < -0.4 is 4.74 Å². The predicted octanol–water partition coefficient (Wildman–Crippen LogP) is 2.58. The van der Waals surface area contributed by atoms with Gasteiger partial charge in [0.2, 0.25) is 0 Å². The van der Waals surface area contributed by atoms with E-state index in [0.29, 0.717) is 24.3 Å². The Balaban J connectivity index is 1.79. The third-order valence-electron chi connectivity index (χ3n) is 3.82. The zero-order valence-corrected chi connectivity index (χ0v) is 10.4. The van der Waals surface area contributed by atoms with E-state index in [1.807, 2.05) is 6.92 Å². The predicted molar refractivity (Wildman–Crippen MR) is 64.0 cm³/mol. The minimum Gasteiger partial charge on any atom is -0.487 e. The maximum Gasteiger partial charge on any atom is 0.126 e. The van der Waals surface area contributed by atoms with Crippen molar-refractivity contribution in [1.29, 1.82) is 0 Å². The lowest BCUT2D eigenvalue weighted by molar-refractivity contribution is -0.147. The molecule has 0 aromatic heterocycles. The molecule has 0 saturated heterocycles. The lowest BCUT2D eigenvalue weighted by Crippen LogP contribution is -2.55. The van der Waals surface area contributed by atoms with Crippen molar-refractivity contribution in [3.05, 3.63) is 29.6 Å². The maximum atomic E-state index is 13.1. The van der Waals surface area contributed by atoms with Gasteiger partial charge in [-0.3, -0.25) is 0 Å². The van der Waals surface area contributed by atoms with Gasteiger partial charge in [0.25, 0.3) is 0 Å². The summed E-state index contributed by atoms with van der Waals surface area (Å²) in [6.45, 7) is 2.67. The topological polar surface area (TPSA) is 38.7 Å². The van der Waals surface area contributed by atoms with Crippen molar-refractivity contribution in [1.82, 2.24) is 0 Å². The van der Waals surface area contributed by atoms with Gasteiger partial charge in [-0.2, -0.15) is 0 Å². The molecule has 0 bridgehead atoms. The largest absolute Gasteiger partial charge is 0.487 e. The number of hydrogen-bond acceptors (Lipinski definition) is 3. The lowest BCUT2D eigenvalue weighted by Gasteiger charge is -2.50. The van der Waals surface area contributed by atoms with Crippen LogP contribution in [0, 0.1) is 5.82 Å². The van der Waals surface area contributed by atoms with Gasteiger partial charge < -0.3 is 14.6 Å². The summed E-state index contributed by atoms with van der Waals surface area (Å²) in [6.07, 6.45) is 1.70. The first-order valence-corrected chi connectivity index (χ1v) is 6.40. The molecule has 3 nitrogen and oxygen atoms in total. The van der Waals surface area contributed by atoms with Crippen molar-refractivity contribution in [2.75, 3.05) is 6.61 Å². The first kappa shape index (κ1) is 11.9. The normalized spacial score (nSPS) is 33.7. The smallest absolute Gasteiger partial charge is 0.126 e. The number of benzene rings is 1. The summed E-state index contributed by atoms with van der Waals surface area (Å²) in [4.78, 5) is 0. The summed E-state index contributed by atoms with van der Waals surface area (Å²) in [6, 6.07) is 4.32. The summed E-state index contributed by atoms with van der Waals surface area (Å²) in [5.41, 5.74) is 0.241. The number of ether oxygens (including phenoxy) is 2. The first-order valence-electron chi connectivity index (χ1n) is 6.40. The summed E-state index contributed by atoms with van der Waals surface area (Å²) in [7, 11) is 0. The van der Waals surface area contributed by atoms with Crippen LogP contribution in [0.15, 0.2) is 18.2 Å². The van der Waals surface area contributed by atoms with E-state index in [4.69, 9.17) is 9.47 Å². The molecule has 0 radical (unpaired) electrons. The Morgan fingerprint density at radius 1 is 1.44 bits per heavy atom. The van der Waals surface area contributed by atoms with E-state index in [1.54, 1.807) is 6.07 Å². The summed E-state index contributed by atoms with van der Waals surface area (Å²) in [5, 5.41) is 10.1. The van der Waals surface area contributed by atoms with Crippen LogP contribution in [0.25, 0.3) is 0 Å². The minimum absolute atomic E-state index is 0.226. The number of rotatable bonds is 2. The van der Waals surface area contributed by atoms with Gasteiger partial charge in [-0.25, -0.2) is 4.39 Å². The molecule has 1 aromatic rings. The molecule has 1 saturated carbocycles. The lowest BCUT2D eigenvalue weighted by atomic mass is 9.71. The van der Waals surface area contributed by atoms with Crippen LogP contribution in [-0.4, -0.2) is 23.4 Å². The van der Waals surface area contributed by atoms with Crippen molar-refractivity contribution < 1.29 is 19.0 Å².